The molecule has 0 fully saturated rings. The molecule has 0 saturated carbocycles. The molecule has 0 aliphatic carbocycles. The maximum Gasteiger partial charge on any atom is 0.336 e. The molecule has 0 aliphatic rings. The van der Waals surface area contributed by atoms with Crippen LogP contribution >= 0.6 is 0 Å². The molecule has 76 heavy (non-hydrogen) atoms. The van der Waals surface area contributed by atoms with Gasteiger partial charge in [-0.2, -0.15) is 0 Å². The molecule has 0 spiro atoms. The lowest BCUT2D eigenvalue weighted by molar-refractivity contribution is -0.148. The summed E-state index contributed by atoms with van der Waals surface area (Å²) in [6.45, 7) is 18.5. The van der Waals surface area contributed by atoms with Gasteiger partial charge in [0.1, 0.15) is 24.7 Å². The van der Waals surface area contributed by atoms with E-state index < -0.39 is 17.9 Å². The topological polar surface area (TPSA) is 161 Å². The fraction of sp³-hybridized carbons (Fsp3) is 0.548. The van der Waals surface area contributed by atoms with E-state index in [0.717, 1.165) is 109 Å². The summed E-state index contributed by atoms with van der Waals surface area (Å²) in [6, 6.07) is 13.3. The number of carbonyl (C=O) groups excluding carboxylic acids is 4. The summed E-state index contributed by atoms with van der Waals surface area (Å²) in [5.41, 5.74) is 1.22. The summed E-state index contributed by atoms with van der Waals surface area (Å²) < 4.78 is 59.7. The molecule has 0 heterocycles. The molecule has 3 aromatic carbocycles. The van der Waals surface area contributed by atoms with Crippen LogP contribution in [-0.4, -0.2) is 76.7 Å². The van der Waals surface area contributed by atoms with Crippen molar-refractivity contribution in [3.63, 3.8) is 0 Å². The first kappa shape index (κ1) is 63.8. The highest BCUT2D eigenvalue weighted by molar-refractivity contribution is 5.90. The maximum absolute atomic E-state index is 13.3. The Morgan fingerprint density at radius 2 is 0.803 bits per heavy atom. The van der Waals surface area contributed by atoms with E-state index in [0.29, 0.717) is 97.9 Å². The quantitative estimate of drug-likeness (QED) is 0.0228. The predicted octanol–water partition coefficient (Wildman–Crippen LogP) is 14.6. The van der Waals surface area contributed by atoms with Gasteiger partial charge in [-0.05, 0) is 106 Å². The molecule has 1 atom stereocenters. The second kappa shape index (κ2) is 39.9. The van der Waals surface area contributed by atoms with Gasteiger partial charge in [0.05, 0.1) is 45.6 Å². The van der Waals surface area contributed by atoms with Gasteiger partial charge in [-0.15, -0.1) is 0 Å². The third kappa shape index (κ3) is 25.9. The van der Waals surface area contributed by atoms with Crippen LogP contribution in [0.15, 0.2) is 73.3 Å². The van der Waals surface area contributed by atoms with Crippen LogP contribution in [0.2, 0.25) is 0 Å². The molecule has 0 aromatic heterocycles. The summed E-state index contributed by atoms with van der Waals surface area (Å²) in [5, 5.41) is 0. The summed E-state index contributed by atoms with van der Waals surface area (Å²) in [4.78, 5) is 50.2. The second-order valence-corrected chi connectivity index (χ2v) is 18.5. The Kier molecular flexibility index (Phi) is 33.5. The van der Waals surface area contributed by atoms with E-state index >= 15 is 0 Å². The Labute approximate surface area is 453 Å². The molecule has 14 heteroatoms. The largest absolute Gasteiger partial charge is 0.490 e. The average Bonchev–Trinajstić information content (AvgIpc) is 3.43. The molecule has 0 saturated heterocycles. The van der Waals surface area contributed by atoms with Crippen molar-refractivity contribution in [2.75, 3.05) is 52.9 Å². The van der Waals surface area contributed by atoms with Gasteiger partial charge in [0, 0.05) is 29.4 Å². The van der Waals surface area contributed by atoms with Crippen LogP contribution in [0.3, 0.4) is 0 Å². The van der Waals surface area contributed by atoms with Crippen LogP contribution in [0.4, 0.5) is 0 Å². The lowest BCUT2D eigenvalue weighted by atomic mass is 10.1. The SMILES string of the molecule is C=CC(=O)OCCCCOc1ccc(/C=C/C(=O)Oc2ccc(OC(=O)/C=C/c3ccc(OCCOC(=O)C(C)CC)c(OCCCCCC)c3OCCCCCC)cc2)c(OCCCCCC)c1OCCCCCC. The zero-order chi connectivity index (χ0) is 55.0. The Bertz CT molecular complexity index is 2200. The number of rotatable bonds is 43. The summed E-state index contributed by atoms with van der Waals surface area (Å²) in [7, 11) is 0. The van der Waals surface area contributed by atoms with Crippen molar-refractivity contribution in [2.24, 2.45) is 5.92 Å². The van der Waals surface area contributed by atoms with Crippen LogP contribution in [0.5, 0.6) is 46.0 Å². The van der Waals surface area contributed by atoms with Crippen LogP contribution in [-0.2, 0) is 28.7 Å². The van der Waals surface area contributed by atoms with E-state index in [4.69, 9.17) is 47.4 Å². The third-order valence-electron chi connectivity index (χ3n) is 12.1. The number of unbranched alkanes of at least 4 members (excludes halogenated alkanes) is 13. The van der Waals surface area contributed by atoms with Gasteiger partial charge in [-0.25, -0.2) is 14.4 Å². The normalized spacial score (nSPS) is 11.5. The molecule has 3 aromatic rings. The van der Waals surface area contributed by atoms with Crippen molar-refractivity contribution in [1.29, 1.82) is 0 Å². The van der Waals surface area contributed by atoms with E-state index in [-0.39, 0.29) is 43.2 Å². The number of carbonyl (C=O) groups is 4. The number of benzene rings is 3. The molecule has 420 valence electrons. The number of hydrogen-bond donors (Lipinski definition) is 0. The highest BCUT2D eigenvalue weighted by Crippen LogP contribution is 2.43. The first-order valence-corrected chi connectivity index (χ1v) is 28.0. The summed E-state index contributed by atoms with van der Waals surface area (Å²) >= 11 is 0. The van der Waals surface area contributed by atoms with Gasteiger partial charge < -0.3 is 47.4 Å². The van der Waals surface area contributed by atoms with Crippen molar-refractivity contribution in [2.45, 2.75) is 164 Å². The summed E-state index contributed by atoms with van der Waals surface area (Å²) in [5.74, 6) is 1.08. The zero-order valence-corrected chi connectivity index (χ0v) is 46.6. The van der Waals surface area contributed by atoms with Gasteiger partial charge in [-0.1, -0.05) is 125 Å². The van der Waals surface area contributed by atoms with E-state index in [1.807, 2.05) is 19.9 Å². The molecule has 0 bridgehead atoms. The van der Waals surface area contributed by atoms with E-state index in [1.54, 1.807) is 54.6 Å². The van der Waals surface area contributed by atoms with Crippen molar-refractivity contribution in [3.05, 3.63) is 84.5 Å². The van der Waals surface area contributed by atoms with Crippen LogP contribution < -0.4 is 37.9 Å². The Morgan fingerprint density at radius 1 is 0.421 bits per heavy atom. The Balaban J connectivity index is 1.78. The molecule has 3 rings (SSSR count). The van der Waals surface area contributed by atoms with E-state index in [9.17, 15) is 19.2 Å². The minimum atomic E-state index is -0.636. The smallest absolute Gasteiger partial charge is 0.336 e. The molecule has 0 N–H and O–H groups in total. The van der Waals surface area contributed by atoms with Crippen molar-refractivity contribution in [3.8, 4) is 46.0 Å². The molecule has 1 unspecified atom stereocenters. The van der Waals surface area contributed by atoms with Gasteiger partial charge in [0.2, 0.25) is 11.5 Å². The predicted molar refractivity (Wildman–Crippen MR) is 299 cm³/mol. The first-order chi connectivity index (χ1) is 37.1. The minimum Gasteiger partial charge on any atom is -0.490 e. The van der Waals surface area contributed by atoms with E-state index in [1.165, 1.54) is 12.2 Å². The van der Waals surface area contributed by atoms with Crippen LogP contribution in [0, 0.1) is 5.92 Å². The van der Waals surface area contributed by atoms with Crippen molar-refractivity contribution < 1.29 is 66.5 Å². The molecule has 14 nitrogen and oxygen atoms in total. The molecular formula is C62H88O14. The number of ether oxygens (including phenoxy) is 10. The van der Waals surface area contributed by atoms with E-state index in [2.05, 4.69) is 34.3 Å². The van der Waals surface area contributed by atoms with Gasteiger partial charge >= 0.3 is 23.9 Å². The fourth-order valence-corrected chi connectivity index (χ4v) is 7.41. The maximum atomic E-state index is 13.3. The zero-order valence-electron chi connectivity index (χ0n) is 46.6. The lowest BCUT2D eigenvalue weighted by Gasteiger charge is -2.19. The monoisotopic (exact) mass is 1060 g/mol. The lowest BCUT2D eigenvalue weighted by Crippen LogP contribution is -2.18. The van der Waals surface area contributed by atoms with Gasteiger partial charge in [0.15, 0.2) is 23.0 Å². The third-order valence-corrected chi connectivity index (χ3v) is 12.1. The molecular weight excluding hydrogens is 969 g/mol. The molecule has 0 aliphatic heterocycles. The minimum absolute atomic E-state index is 0.0849. The first-order valence-electron chi connectivity index (χ1n) is 28.0. The van der Waals surface area contributed by atoms with Crippen molar-refractivity contribution >= 4 is 36.0 Å². The number of esters is 4. The Hall–Kier alpha value is -6.44. The highest BCUT2D eigenvalue weighted by Gasteiger charge is 2.20. The fourth-order valence-electron chi connectivity index (χ4n) is 7.41. The molecule has 0 amide bonds. The van der Waals surface area contributed by atoms with Crippen LogP contribution in [0.25, 0.3) is 12.2 Å². The van der Waals surface area contributed by atoms with Gasteiger partial charge in [-0.3, -0.25) is 4.79 Å². The highest BCUT2D eigenvalue weighted by atomic mass is 16.6. The molecule has 0 radical (unpaired) electrons. The standard InChI is InChI=1S/C62H88O14/c1-8-14-18-22-42-70-58-49(28-36-53(60(58)72-44-24-20-16-10-3)67-40-26-27-41-69-55(63)13-6)30-38-56(64)75-51-32-34-52(35-33-51)76-57(65)39-31-50-29-37-54(68-46-47-74-62(66)48(7)12-5)61(73-45-25-21-17-11-4)59(50)71-43-23-19-15-9-2/h13,28-39,48H,6,8-12,14-27,40-47H2,1-5,7H3/b38-30+,39-31+. The number of hydrogen-bond acceptors (Lipinski definition) is 14. The van der Waals surface area contributed by atoms with Crippen molar-refractivity contribution in [1.82, 2.24) is 0 Å². The van der Waals surface area contributed by atoms with Crippen LogP contribution in [0.1, 0.15) is 175 Å². The summed E-state index contributed by atoms with van der Waals surface area (Å²) in [6.07, 6.45) is 25.2. The average molecular weight is 1060 g/mol. The van der Waals surface area contributed by atoms with Gasteiger partial charge in [0.25, 0.3) is 0 Å². The second-order valence-electron chi connectivity index (χ2n) is 18.5. The Morgan fingerprint density at radius 3 is 1.21 bits per heavy atom.